The van der Waals surface area contributed by atoms with Crippen molar-refractivity contribution in [2.24, 2.45) is 0 Å². The number of piperidine rings is 1. The van der Waals surface area contributed by atoms with Gasteiger partial charge in [-0.05, 0) is 78.9 Å². The van der Waals surface area contributed by atoms with Crippen LogP contribution in [-0.2, 0) is 25.7 Å². The van der Waals surface area contributed by atoms with Gasteiger partial charge in [-0.2, -0.15) is 0 Å². The maximum atomic E-state index is 14.0. The molecule has 1 N–H and O–H groups in total. The molecule has 2 atom stereocenters. The molecule has 2 unspecified atom stereocenters. The number of hydrogen-bond donors (Lipinski definition) is 1. The molecule has 0 saturated carbocycles. The Kier molecular flexibility index (Phi) is 11.0. The van der Waals surface area contributed by atoms with Crippen molar-refractivity contribution in [1.29, 1.82) is 0 Å². The highest BCUT2D eigenvalue weighted by atomic mass is 33.1. The van der Waals surface area contributed by atoms with Gasteiger partial charge in [-0.15, -0.1) is 11.3 Å². The van der Waals surface area contributed by atoms with Gasteiger partial charge in [0.1, 0.15) is 29.5 Å². The third kappa shape index (κ3) is 8.17. The lowest BCUT2D eigenvalue weighted by atomic mass is 10.0. The maximum absolute atomic E-state index is 14.0. The fourth-order valence-corrected chi connectivity index (χ4v) is 9.44. The standard InChI is InChI=1S/C34H33N5O7S3/c1-22(37-18-8-3-9-19-37)30(33(42)46-20-23-14-16-24(17-15-23)39(43)44)38-31(41)29(36-28(40)21-45-25-10-4-2-5-11-25)32(38)48-49-34-35-26-12-6-7-13-27(26)47-34/h2,4-7,10-17,29,32H,3,8-9,18-21H2,1H3,(H,36,40). The Morgan fingerprint density at radius 2 is 1.73 bits per heavy atom. The van der Waals surface area contributed by atoms with Gasteiger partial charge < -0.3 is 19.7 Å². The summed E-state index contributed by atoms with van der Waals surface area (Å²) in [5, 5.41) is 13.2. The molecular formula is C34H33N5O7S3. The minimum absolute atomic E-state index is 0.0736. The smallest absolute Gasteiger partial charge is 0.357 e. The summed E-state index contributed by atoms with van der Waals surface area (Å²) in [6.45, 7) is 2.82. The number of amides is 2. The molecule has 0 radical (unpaired) electrons. The number of likely N-dealkylation sites (tertiary alicyclic amines) is 2. The molecule has 2 amide bonds. The van der Waals surface area contributed by atoms with Crippen LogP contribution in [-0.4, -0.2) is 68.6 Å². The van der Waals surface area contributed by atoms with Gasteiger partial charge in [0.05, 0.1) is 15.1 Å². The number of allylic oxidation sites excluding steroid dienone is 1. The molecule has 2 saturated heterocycles. The van der Waals surface area contributed by atoms with Gasteiger partial charge in [0.2, 0.25) is 0 Å². The van der Waals surface area contributed by atoms with E-state index >= 15 is 0 Å². The number of thiazole rings is 1. The first-order chi connectivity index (χ1) is 23.8. The van der Waals surface area contributed by atoms with Crippen molar-refractivity contribution in [1.82, 2.24) is 20.1 Å². The number of fused-ring (bicyclic) bond motifs is 1. The Labute approximate surface area is 294 Å². The number of aromatic nitrogens is 1. The highest BCUT2D eigenvalue weighted by Crippen LogP contribution is 2.46. The van der Waals surface area contributed by atoms with Gasteiger partial charge in [0, 0.05) is 30.9 Å². The number of rotatable bonds is 13. The third-order valence-corrected chi connectivity index (χ3v) is 12.1. The van der Waals surface area contributed by atoms with Crippen LogP contribution in [0.15, 0.2) is 94.6 Å². The van der Waals surface area contributed by atoms with E-state index < -0.39 is 34.1 Å². The summed E-state index contributed by atoms with van der Waals surface area (Å²) in [6.07, 6.45) is 2.97. The van der Waals surface area contributed by atoms with E-state index in [1.165, 1.54) is 62.1 Å². The Hall–Kier alpha value is -4.60. The zero-order chi connectivity index (χ0) is 34.3. The van der Waals surface area contributed by atoms with E-state index in [9.17, 15) is 24.5 Å². The lowest BCUT2D eigenvalue weighted by Gasteiger charge is -2.47. The summed E-state index contributed by atoms with van der Waals surface area (Å²) in [4.78, 5) is 59.7. The van der Waals surface area contributed by atoms with E-state index in [4.69, 9.17) is 14.5 Å². The summed E-state index contributed by atoms with van der Waals surface area (Å²) < 4.78 is 13.1. The molecule has 12 nitrogen and oxygen atoms in total. The van der Waals surface area contributed by atoms with Crippen LogP contribution < -0.4 is 10.1 Å². The van der Waals surface area contributed by atoms with Crippen molar-refractivity contribution in [2.75, 3.05) is 19.7 Å². The fraction of sp³-hybridized carbons (Fsp3) is 0.294. The van der Waals surface area contributed by atoms with E-state index in [-0.39, 0.29) is 24.6 Å². The van der Waals surface area contributed by atoms with Gasteiger partial charge in [0.25, 0.3) is 17.5 Å². The summed E-state index contributed by atoms with van der Waals surface area (Å²) in [5.74, 6) is -1.11. The number of nitrogens with one attached hydrogen (secondary N) is 1. The summed E-state index contributed by atoms with van der Waals surface area (Å²) in [5.41, 5.74) is 2.05. The number of β-lactam (4-membered cyclic amide) rings is 1. The van der Waals surface area contributed by atoms with E-state index in [2.05, 4.69) is 10.2 Å². The molecule has 1 aromatic heterocycles. The normalized spacial score (nSPS) is 18.0. The Morgan fingerprint density at radius 1 is 1.02 bits per heavy atom. The maximum Gasteiger partial charge on any atom is 0.357 e. The largest absolute Gasteiger partial charge is 0.484 e. The predicted molar refractivity (Wildman–Crippen MR) is 189 cm³/mol. The van der Waals surface area contributed by atoms with Crippen LogP contribution >= 0.6 is 32.9 Å². The average Bonchev–Trinajstić information content (AvgIpc) is 3.55. The molecule has 15 heteroatoms. The molecule has 3 heterocycles. The monoisotopic (exact) mass is 719 g/mol. The SMILES string of the molecule is CC(=C(C(=O)OCc1ccc([N+](=O)[O-])cc1)N1C(=O)C(NC(=O)COc2ccccc2)C1SSc1nc2ccccc2s1)N1CCCCC1. The average molecular weight is 720 g/mol. The Morgan fingerprint density at radius 3 is 2.45 bits per heavy atom. The molecule has 2 aliphatic heterocycles. The van der Waals surface area contributed by atoms with Crippen LogP contribution in [0, 0.1) is 10.1 Å². The van der Waals surface area contributed by atoms with Crippen molar-refractivity contribution in [2.45, 2.75) is 48.5 Å². The zero-order valence-corrected chi connectivity index (χ0v) is 28.9. The molecule has 3 aromatic carbocycles. The van der Waals surface area contributed by atoms with Crippen LogP contribution in [0.5, 0.6) is 5.75 Å². The number of hydrogen-bond acceptors (Lipinski definition) is 12. The van der Waals surface area contributed by atoms with Crippen molar-refractivity contribution in [3.63, 3.8) is 0 Å². The summed E-state index contributed by atoms with van der Waals surface area (Å²) in [7, 11) is 2.70. The lowest BCUT2D eigenvalue weighted by Crippen LogP contribution is -2.69. The van der Waals surface area contributed by atoms with Crippen LogP contribution in [0.3, 0.4) is 0 Å². The molecule has 2 aliphatic rings. The number of esters is 1. The number of ether oxygens (including phenoxy) is 2. The summed E-state index contributed by atoms with van der Waals surface area (Å²) in [6, 6.07) is 21.5. The summed E-state index contributed by atoms with van der Waals surface area (Å²) >= 11 is 1.52. The Bertz CT molecular complexity index is 1830. The highest BCUT2D eigenvalue weighted by molar-refractivity contribution is 8.77. The number of carbonyl (C=O) groups excluding carboxylic acids is 3. The second-order valence-corrected chi connectivity index (χ2v) is 14.9. The molecule has 6 rings (SSSR count). The van der Waals surface area contributed by atoms with E-state index in [0.717, 1.165) is 46.9 Å². The van der Waals surface area contributed by atoms with Crippen LogP contribution in [0.1, 0.15) is 31.7 Å². The zero-order valence-electron chi connectivity index (χ0n) is 26.5. The van der Waals surface area contributed by atoms with Gasteiger partial charge in [-0.3, -0.25) is 24.6 Å². The molecule has 0 spiro atoms. The first-order valence-electron chi connectivity index (χ1n) is 15.6. The topological polar surface area (TPSA) is 144 Å². The number of carbonyl (C=O) groups is 3. The van der Waals surface area contributed by atoms with Crippen molar-refractivity contribution in [3.8, 4) is 5.75 Å². The first kappa shape index (κ1) is 34.3. The molecule has 2 fully saturated rings. The van der Waals surface area contributed by atoms with Gasteiger partial charge >= 0.3 is 5.97 Å². The van der Waals surface area contributed by atoms with E-state index in [0.29, 0.717) is 17.0 Å². The lowest BCUT2D eigenvalue weighted by molar-refractivity contribution is -0.384. The van der Waals surface area contributed by atoms with Gasteiger partial charge in [0.15, 0.2) is 10.9 Å². The molecule has 0 aliphatic carbocycles. The number of para-hydroxylation sites is 2. The predicted octanol–water partition coefficient (Wildman–Crippen LogP) is 6.14. The number of nitro benzene ring substituents is 1. The van der Waals surface area contributed by atoms with Crippen molar-refractivity contribution in [3.05, 3.63) is 106 Å². The minimum atomic E-state index is -0.939. The quantitative estimate of drug-likeness (QED) is 0.0425. The fourth-order valence-electron chi connectivity index (χ4n) is 5.52. The number of benzene rings is 3. The second kappa shape index (κ2) is 15.7. The Balaban J connectivity index is 1.25. The molecule has 0 bridgehead atoms. The third-order valence-electron chi connectivity index (χ3n) is 8.09. The first-order valence-corrected chi connectivity index (χ1v) is 18.7. The van der Waals surface area contributed by atoms with Crippen LogP contribution in [0.2, 0.25) is 0 Å². The molecular weight excluding hydrogens is 687 g/mol. The van der Waals surface area contributed by atoms with Crippen LogP contribution in [0.25, 0.3) is 10.2 Å². The van der Waals surface area contributed by atoms with Crippen molar-refractivity contribution < 1.29 is 28.8 Å². The number of nitro groups is 1. The van der Waals surface area contributed by atoms with Gasteiger partial charge in [-0.1, -0.05) is 41.1 Å². The number of non-ortho nitro benzene ring substituents is 1. The van der Waals surface area contributed by atoms with Crippen LogP contribution in [0.4, 0.5) is 5.69 Å². The molecule has 254 valence electrons. The molecule has 49 heavy (non-hydrogen) atoms. The second-order valence-electron chi connectivity index (χ2n) is 11.4. The highest BCUT2D eigenvalue weighted by Gasteiger charge is 2.53. The van der Waals surface area contributed by atoms with E-state index in [1.54, 1.807) is 24.3 Å². The van der Waals surface area contributed by atoms with Crippen molar-refractivity contribution >= 4 is 66.6 Å². The minimum Gasteiger partial charge on any atom is -0.484 e. The number of nitrogens with zero attached hydrogens (tertiary/aromatic N) is 4. The molecule has 4 aromatic rings. The van der Waals surface area contributed by atoms with E-state index in [1.807, 2.05) is 37.3 Å². The van der Waals surface area contributed by atoms with Gasteiger partial charge in [-0.25, -0.2) is 9.78 Å².